The third-order valence-electron chi connectivity index (χ3n) is 4.73. The van der Waals surface area contributed by atoms with E-state index in [0.29, 0.717) is 22.3 Å². The van der Waals surface area contributed by atoms with E-state index in [1.165, 1.54) is 25.1 Å². The Bertz CT molecular complexity index is 1310. The molecular formula is C24H20BrN5O3S. The Hall–Kier alpha value is -3.63. The molecule has 3 aromatic carbocycles. The Morgan fingerprint density at radius 1 is 1.12 bits per heavy atom. The van der Waals surface area contributed by atoms with Gasteiger partial charge in [-0.2, -0.15) is 5.10 Å². The number of para-hydroxylation sites is 1. The molecule has 0 bridgehead atoms. The molecule has 172 valence electrons. The minimum atomic E-state index is -0.324. The summed E-state index contributed by atoms with van der Waals surface area (Å²) >= 11 is 4.71. The van der Waals surface area contributed by atoms with E-state index in [4.69, 9.17) is 4.74 Å². The number of benzene rings is 3. The van der Waals surface area contributed by atoms with Crippen molar-refractivity contribution in [3.63, 3.8) is 0 Å². The first-order valence-corrected chi connectivity index (χ1v) is 11.9. The van der Waals surface area contributed by atoms with E-state index in [1.54, 1.807) is 18.2 Å². The molecule has 0 saturated heterocycles. The topological polar surface area (TPSA) is 102 Å². The molecule has 1 amide bonds. The number of thioether (sulfide) groups is 1. The number of hydrogen-bond donors (Lipinski definition) is 2. The lowest BCUT2D eigenvalue weighted by Crippen LogP contribution is -2.20. The third-order valence-corrected chi connectivity index (χ3v) is 6.18. The maximum atomic E-state index is 12.4. The number of hydrazone groups is 1. The molecule has 0 fully saturated rings. The minimum Gasteiger partial charge on any atom is -0.504 e. The Morgan fingerprint density at radius 3 is 2.62 bits per heavy atom. The van der Waals surface area contributed by atoms with Gasteiger partial charge in [-0.3, -0.25) is 9.36 Å². The fourth-order valence-corrected chi connectivity index (χ4v) is 4.11. The van der Waals surface area contributed by atoms with Crippen molar-refractivity contribution in [1.29, 1.82) is 0 Å². The number of hydrogen-bond acceptors (Lipinski definition) is 7. The quantitative estimate of drug-likeness (QED) is 0.192. The van der Waals surface area contributed by atoms with Gasteiger partial charge >= 0.3 is 0 Å². The summed E-state index contributed by atoms with van der Waals surface area (Å²) in [5, 5.41) is 23.3. The highest BCUT2D eigenvalue weighted by molar-refractivity contribution is 9.10. The maximum Gasteiger partial charge on any atom is 0.250 e. The molecule has 4 aromatic rings. The van der Waals surface area contributed by atoms with Crippen molar-refractivity contribution in [3.05, 3.63) is 82.8 Å². The minimum absolute atomic E-state index is 0.0478. The lowest BCUT2D eigenvalue weighted by atomic mass is 10.2. The van der Waals surface area contributed by atoms with Crippen LogP contribution in [0.2, 0.25) is 0 Å². The third kappa shape index (κ3) is 5.46. The van der Waals surface area contributed by atoms with Crippen LogP contribution < -0.4 is 10.2 Å². The second-order valence-corrected chi connectivity index (χ2v) is 8.82. The number of methoxy groups -OCH3 is 1. The van der Waals surface area contributed by atoms with Crippen LogP contribution in [0, 0.1) is 0 Å². The van der Waals surface area contributed by atoms with Gasteiger partial charge in [-0.1, -0.05) is 64.1 Å². The van der Waals surface area contributed by atoms with E-state index >= 15 is 0 Å². The summed E-state index contributed by atoms with van der Waals surface area (Å²) in [6.45, 7) is 0. The first kappa shape index (κ1) is 23.5. The zero-order valence-corrected chi connectivity index (χ0v) is 20.5. The van der Waals surface area contributed by atoms with Crippen LogP contribution in [-0.2, 0) is 4.79 Å². The molecule has 0 radical (unpaired) electrons. The van der Waals surface area contributed by atoms with Crippen LogP contribution in [-0.4, -0.2) is 44.9 Å². The molecule has 34 heavy (non-hydrogen) atoms. The van der Waals surface area contributed by atoms with Crippen molar-refractivity contribution >= 4 is 39.8 Å². The van der Waals surface area contributed by atoms with Crippen LogP contribution in [0.1, 0.15) is 5.56 Å². The lowest BCUT2D eigenvalue weighted by molar-refractivity contribution is -0.118. The van der Waals surface area contributed by atoms with Crippen LogP contribution in [0.15, 0.2) is 87.5 Å². The van der Waals surface area contributed by atoms with Crippen LogP contribution in [0.3, 0.4) is 0 Å². The number of aromatic nitrogens is 3. The fraction of sp³-hybridized carbons (Fsp3) is 0.0833. The summed E-state index contributed by atoms with van der Waals surface area (Å²) in [5.41, 5.74) is 4.68. The number of nitrogens with one attached hydrogen (secondary N) is 1. The predicted octanol–water partition coefficient (Wildman–Crippen LogP) is 4.65. The molecule has 8 nitrogen and oxygen atoms in total. The van der Waals surface area contributed by atoms with Gasteiger partial charge in [-0.15, -0.1) is 10.2 Å². The average molecular weight is 538 g/mol. The molecule has 2 N–H and O–H groups in total. The number of phenolic OH excluding ortho intramolecular Hbond substituents is 1. The second-order valence-electron chi connectivity index (χ2n) is 6.96. The molecular weight excluding hydrogens is 518 g/mol. The molecule has 4 rings (SSSR count). The van der Waals surface area contributed by atoms with E-state index < -0.39 is 0 Å². The standard InChI is InChI=1S/C24H20BrN5O3S/c1-33-20-9-5-8-17(22(20)32)14-26-27-21(31)15-34-24-29-28-23(16-6-3-2-4-7-16)30(24)19-12-10-18(25)11-13-19/h2-14,32H,15H2,1H3,(H,27,31)/b26-14+. The molecule has 1 heterocycles. The highest BCUT2D eigenvalue weighted by atomic mass is 79.9. The summed E-state index contributed by atoms with van der Waals surface area (Å²) < 4.78 is 7.94. The average Bonchev–Trinajstić information content (AvgIpc) is 3.29. The highest BCUT2D eigenvalue weighted by Crippen LogP contribution is 2.29. The molecule has 0 unspecified atom stereocenters. The summed E-state index contributed by atoms with van der Waals surface area (Å²) in [7, 11) is 1.46. The normalized spacial score (nSPS) is 11.0. The van der Waals surface area contributed by atoms with Crippen LogP contribution in [0.25, 0.3) is 17.1 Å². The van der Waals surface area contributed by atoms with Crippen molar-refractivity contribution in [2.75, 3.05) is 12.9 Å². The number of aromatic hydroxyl groups is 1. The predicted molar refractivity (Wildman–Crippen MR) is 136 cm³/mol. The smallest absolute Gasteiger partial charge is 0.250 e. The van der Waals surface area contributed by atoms with Gasteiger partial charge in [0.05, 0.1) is 19.1 Å². The number of amides is 1. The fourth-order valence-electron chi connectivity index (χ4n) is 3.10. The number of nitrogens with zero attached hydrogens (tertiary/aromatic N) is 4. The van der Waals surface area contributed by atoms with Crippen molar-refractivity contribution in [2.45, 2.75) is 5.16 Å². The van der Waals surface area contributed by atoms with Crippen molar-refractivity contribution in [1.82, 2.24) is 20.2 Å². The van der Waals surface area contributed by atoms with Crippen LogP contribution >= 0.6 is 27.7 Å². The number of rotatable bonds is 8. The largest absolute Gasteiger partial charge is 0.504 e. The zero-order valence-electron chi connectivity index (χ0n) is 18.1. The summed E-state index contributed by atoms with van der Waals surface area (Å²) in [6, 6.07) is 22.5. The van der Waals surface area contributed by atoms with Gasteiger partial charge in [-0.25, -0.2) is 5.43 Å². The van der Waals surface area contributed by atoms with Crippen molar-refractivity contribution in [3.8, 4) is 28.6 Å². The SMILES string of the molecule is COc1cccc(/C=N/NC(=O)CSc2nnc(-c3ccccc3)n2-c2ccc(Br)cc2)c1O. The van der Waals surface area contributed by atoms with Crippen LogP contribution in [0.4, 0.5) is 0 Å². The Morgan fingerprint density at radius 2 is 1.88 bits per heavy atom. The molecule has 0 saturated carbocycles. The van der Waals surface area contributed by atoms with E-state index in [1.807, 2.05) is 59.2 Å². The van der Waals surface area contributed by atoms with Gasteiger partial charge in [0.1, 0.15) is 0 Å². The molecule has 0 aliphatic heterocycles. The Kier molecular flexibility index (Phi) is 7.61. The first-order valence-electron chi connectivity index (χ1n) is 10.1. The molecule has 0 aliphatic carbocycles. The summed E-state index contributed by atoms with van der Waals surface area (Å²) in [4.78, 5) is 12.4. The van der Waals surface area contributed by atoms with Gasteiger partial charge in [0, 0.05) is 21.3 Å². The van der Waals surface area contributed by atoms with E-state index in [2.05, 4.69) is 36.7 Å². The van der Waals surface area contributed by atoms with Gasteiger partial charge < -0.3 is 9.84 Å². The second kappa shape index (κ2) is 11.0. The van der Waals surface area contributed by atoms with E-state index in [-0.39, 0.29) is 17.4 Å². The number of ether oxygens (including phenoxy) is 1. The molecule has 10 heteroatoms. The summed E-state index contributed by atoms with van der Waals surface area (Å²) in [6.07, 6.45) is 1.36. The number of phenols is 1. The highest BCUT2D eigenvalue weighted by Gasteiger charge is 2.17. The number of carbonyl (C=O) groups is 1. The monoisotopic (exact) mass is 537 g/mol. The van der Waals surface area contributed by atoms with Crippen molar-refractivity contribution < 1.29 is 14.6 Å². The Balaban J connectivity index is 1.49. The van der Waals surface area contributed by atoms with Crippen LogP contribution in [0.5, 0.6) is 11.5 Å². The van der Waals surface area contributed by atoms with Gasteiger partial charge in [-0.05, 0) is 36.4 Å². The van der Waals surface area contributed by atoms with E-state index in [9.17, 15) is 9.90 Å². The van der Waals surface area contributed by atoms with Crippen molar-refractivity contribution in [2.24, 2.45) is 5.10 Å². The van der Waals surface area contributed by atoms with E-state index in [0.717, 1.165) is 15.7 Å². The molecule has 0 aliphatic rings. The maximum absolute atomic E-state index is 12.4. The van der Waals surface area contributed by atoms with Gasteiger partial charge in [0.25, 0.3) is 5.91 Å². The molecule has 1 aromatic heterocycles. The number of carbonyl (C=O) groups excluding carboxylic acids is 1. The van der Waals surface area contributed by atoms with Gasteiger partial charge in [0.15, 0.2) is 22.5 Å². The van der Waals surface area contributed by atoms with Gasteiger partial charge in [0.2, 0.25) is 0 Å². The zero-order chi connectivity index (χ0) is 23.9. The first-order chi connectivity index (χ1) is 16.6. The molecule has 0 atom stereocenters. The number of halogens is 1. The lowest BCUT2D eigenvalue weighted by Gasteiger charge is -2.10. The Labute approximate surface area is 208 Å². The molecule has 0 spiro atoms. The summed E-state index contributed by atoms with van der Waals surface area (Å²) in [5.74, 6) is 0.707.